The molecule has 0 bridgehead atoms. The van der Waals surface area contributed by atoms with Gasteiger partial charge in [-0.15, -0.1) is 0 Å². The van der Waals surface area contributed by atoms with Gasteiger partial charge in [-0.25, -0.2) is 0 Å². The van der Waals surface area contributed by atoms with Gasteiger partial charge >= 0.3 is 0 Å². The van der Waals surface area contributed by atoms with Gasteiger partial charge in [-0.05, 0) is 0 Å². The zero-order chi connectivity index (χ0) is 11.2. The smallest absolute Gasteiger partial charge is 0.300 e. The van der Waals surface area contributed by atoms with Crippen LogP contribution >= 0.6 is 0 Å². The lowest BCUT2D eigenvalue weighted by atomic mass is 10.9. The van der Waals surface area contributed by atoms with Crippen LogP contribution in [0, 0.1) is 0 Å². The van der Waals surface area contributed by atoms with Crippen LogP contribution in [0.1, 0.15) is 41.5 Å². The Kier molecular flexibility index (Phi) is 60.9. The van der Waals surface area contributed by atoms with Crippen molar-refractivity contribution in [3.05, 3.63) is 0 Å². The van der Waals surface area contributed by atoms with Crippen molar-refractivity contribution in [2.75, 3.05) is 0 Å². The first kappa shape index (κ1) is 22.4. The standard InChI is InChI=1S/2C2H4O2.2C2H6/c2*1-2(3)4;2*1-2/h2*1H3,(H,3,4);2*1-2H3. The van der Waals surface area contributed by atoms with E-state index >= 15 is 0 Å². The second-order valence-corrected chi connectivity index (χ2v) is 1.04. The minimum atomic E-state index is -0.833. The van der Waals surface area contributed by atoms with E-state index in [-0.39, 0.29) is 0 Å². The molecule has 0 fully saturated rings. The third kappa shape index (κ3) is 502. The van der Waals surface area contributed by atoms with Crippen LogP contribution in [-0.2, 0) is 9.59 Å². The fourth-order valence-corrected chi connectivity index (χ4v) is 0. The number of carboxylic acids is 2. The van der Waals surface area contributed by atoms with Crippen LogP contribution in [0.5, 0.6) is 0 Å². The average Bonchev–Trinajstić information content (AvgIpc) is 1.93. The van der Waals surface area contributed by atoms with Crippen molar-refractivity contribution in [1.29, 1.82) is 0 Å². The molecule has 2 N–H and O–H groups in total. The second-order valence-electron chi connectivity index (χ2n) is 1.04. The molecule has 0 saturated heterocycles. The quantitative estimate of drug-likeness (QED) is 0.599. The van der Waals surface area contributed by atoms with Crippen LogP contribution in [0.3, 0.4) is 0 Å². The first-order valence-electron chi connectivity index (χ1n) is 3.86. The summed E-state index contributed by atoms with van der Waals surface area (Å²) in [6.45, 7) is 10.2. The van der Waals surface area contributed by atoms with Gasteiger partial charge in [-0.2, -0.15) is 0 Å². The van der Waals surface area contributed by atoms with Crippen LogP contribution in [0.2, 0.25) is 0 Å². The first-order valence-corrected chi connectivity index (χ1v) is 3.86. The third-order valence-electron chi connectivity index (χ3n) is 0. The third-order valence-corrected chi connectivity index (χ3v) is 0. The number of rotatable bonds is 0. The van der Waals surface area contributed by atoms with Crippen molar-refractivity contribution in [3.8, 4) is 0 Å². The van der Waals surface area contributed by atoms with E-state index < -0.39 is 11.9 Å². The maximum atomic E-state index is 9.00. The summed E-state index contributed by atoms with van der Waals surface area (Å²) in [7, 11) is 0. The average molecular weight is 180 g/mol. The topological polar surface area (TPSA) is 74.6 Å². The molecule has 0 rings (SSSR count). The Morgan fingerprint density at radius 1 is 0.750 bits per heavy atom. The number of hydrogen-bond donors (Lipinski definition) is 2. The molecule has 0 saturated carbocycles. The molecule has 0 aromatic rings. The molecule has 0 aliphatic rings. The van der Waals surface area contributed by atoms with Crippen LogP contribution in [0.25, 0.3) is 0 Å². The summed E-state index contributed by atoms with van der Waals surface area (Å²) in [6.07, 6.45) is 0. The maximum absolute atomic E-state index is 9.00. The van der Waals surface area contributed by atoms with Crippen LogP contribution in [-0.4, -0.2) is 22.2 Å². The fraction of sp³-hybridized carbons (Fsp3) is 0.750. The first-order chi connectivity index (χ1) is 5.46. The highest BCUT2D eigenvalue weighted by atomic mass is 16.4. The van der Waals surface area contributed by atoms with Crippen molar-refractivity contribution in [2.24, 2.45) is 0 Å². The maximum Gasteiger partial charge on any atom is 0.300 e. The van der Waals surface area contributed by atoms with E-state index in [1.807, 2.05) is 27.7 Å². The van der Waals surface area contributed by atoms with Crippen molar-refractivity contribution >= 4 is 11.9 Å². The minimum Gasteiger partial charge on any atom is -0.481 e. The summed E-state index contributed by atoms with van der Waals surface area (Å²) in [6, 6.07) is 0. The van der Waals surface area contributed by atoms with Crippen molar-refractivity contribution < 1.29 is 19.8 Å². The van der Waals surface area contributed by atoms with Gasteiger partial charge in [0, 0.05) is 13.8 Å². The highest BCUT2D eigenvalue weighted by molar-refractivity contribution is 5.63. The largest absolute Gasteiger partial charge is 0.481 e. The number of carbonyl (C=O) groups is 2. The van der Waals surface area contributed by atoms with Gasteiger partial charge in [-0.1, -0.05) is 27.7 Å². The van der Waals surface area contributed by atoms with Crippen molar-refractivity contribution in [1.82, 2.24) is 0 Å². The van der Waals surface area contributed by atoms with Gasteiger partial charge in [0.15, 0.2) is 0 Å². The molecule has 0 radical (unpaired) electrons. The van der Waals surface area contributed by atoms with Crippen LogP contribution in [0.15, 0.2) is 0 Å². The predicted molar refractivity (Wildman–Crippen MR) is 49.3 cm³/mol. The number of hydrogen-bond acceptors (Lipinski definition) is 2. The summed E-state index contributed by atoms with van der Waals surface area (Å²) < 4.78 is 0. The second kappa shape index (κ2) is 32.6. The molecule has 0 unspecified atom stereocenters. The SMILES string of the molecule is CC.CC.CC(=O)O.CC(=O)O. The van der Waals surface area contributed by atoms with E-state index in [9.17, 15) is 0 Å². The molecular weight excluding hydrogens is 160 g/mol. The Morgan fingerprint density at radius 3 is 0.750 bits per heavy atom. The minimum absolute atomic E-state index is 0.833. The monoisotopic (exact) mass is 180 g/mol. The normalized spacial score (nSPS) is 5.17. The van der Waals surface area contributed by atoms with Crippen LogP contribution < -0.4 is 0 Å². The Balaban J connectivity index is -0.0000000380. The molecule has 0 aliphatic heterocycles. The van der Waals surface area contributed by atoms with E-state index in [2.05, 4.69) is 0 Å². The molecule has 0 aromatic carbocycles. The van der Waals surface area contributed by atoms with Gasteiger partial charge in [0.25, 0.3) is 11.9 Å². The molecule has 0 amide bonds. The molecule has 0 spiro atoms. The molecule has 0 aromatic heterocycles. The van der Waals surface area contributed by atoms with Gasteiger partial charge in [-0.3, -0.25) is 9.59 Å². The van der Waals surface area contributed by atoms with Gasteiger partial charge in [0.1, 0.15) is 0 Å². The molecule has 76 valence electrons. The molecule has 4 nitrogen and oxygen atoms in total. The van der Waals surface area contributed by atoms with E-state index in [0.29, 0.717) is 0 Å². The van der Waals surface area contributed by atoms with Crippen molar-refractivity contribution in [3.63, 3.8) is 0 Å². The summed E-state index contributed by atoms with van der Waals surface area (Å²) in [5.74, 6) is -1.67. The molecule has 0 atom stereocenters. The number of carboxylic acid groups (broad SMARTS) is 2. The lowest BCUT2D eigenvalue weighted by Gasteiger charge is -1.59. The van der Waals surface area contributed by atoms with E-state index in [0.717, 1.165) is 13.8 Å². The van der Waals surface area contributed by atoms with Gasteiger partial charge in [0.05, 0.1) is 0 Å². The van der Waals surface area contributed by atoms with Crippen molar-refractivity contribution in [2.45, 2.75) is 41.5 Å². The zero-order valence-electron chi connectivity index (χ0n) is 8.71. The molecule has 0 heterocycles. The van der Waals surface area contributed by atoms with Gasteiger partial charge < -0.3 is 10.2 Å². The summed E-state index contributed by atoms with van der Waals surface area (Å²) in [5, 5.41) is 14.8. The highest BCUT2D eigenvalue weighted by Crippen LogP contribution is 1.42. The van der Waals surface area contributed by atoms with Crippen LogP contribution in [0.4, 0.5) is 0 Å². The van der Waals surface area contributed by atoms with E-state index in [4.69, 9.17) is 19.8 Å². The Hall–Kier alpha value is -1.06. The molecule has 12 heavy (non-hydrogen) atoms. The molecule has 0 aliphatic carbocycles. The van der Waals surface area contributed by atoms with E-state index in [1.54, 1.807) is 0 Å². The van der Waals surface area contributed by atoms with Gasteiger partial charge in [0.2, 0.25) is 0 Å². The number of aliphatic carboxylic acids is 2. The summed E-state index contributed by atoms with van der Waals surface area (Å²) in [4.78, 5) is 18.0. The summed E-state index contributed by atoms with van der Waals surface area (Å²) >= 11 is 0. The lowest BCUT2D eigenvalue weighted by molar-refractivity contribution is -0.135. The Morgan fingerprint density at radius 2 is 0.750 bits per heavy atom. The molecular formula is C8H20O4. The zero-order valence-corrected chi connectivity index (χ0v) is 8.71. The Bertz CT molecular complexity index is 69.1. The highest BCUT2D eigenvalue weighted by Gasteiger charge is 1.65. The fourth-order valence-electron chi connectivity index (χ4n) is 0. The molecule has 4 heteroatoms. The predicted octanol–water partition coefficient (Wildman–Crippen LogP) is 2.23. The van der Waals surface area contributed by atoms with E-state index in [1.165, 1.54) is 0 Å². The Labute approximate surface area is 74.2 Å². The lowest BCUT2D eigenvalue weighted by Crippen LogP contribution is -1.78. The summed E-state index contributed by atoms with van der Waals surface area (Å²) in [5.41, 5.74) is 0.